The van der Waals surface area contributed by atoms with Gasteiger partial charge in [-0.25, -0.2) is 4.39 Å². The summed E-state index contributed by atoms with van der Waals surface area (Å²) in [5.41, 5.74) is 3.17. The summed E-state index contributed by atoms with van der Waals surface area (Å²) < 4.78 is 19.1. The SMILES string of the molecule is OC(CCc1ccc2c(c1)CCO2)c1ccc(F)c(Br)c1. The lowest BCUT2D eigenvalue weighted by Gasteiger charge is -2.12. The van der Waals surface area contributed by atoms with Crippen LogP contribution in [0.3, 0.4) is 0 Å². The van der Waals surface area contributed by atoms with Gasteiger partial charge in [0, 0.05) is 6.42 Å². The standard InChI is InChI=1S/C17H16BrFO2/c18-14-10-12(3-4-15(14)19)16(20)5-1-11-2-6-17-13(9-11)7-8-21-17/h2-4,6,9-10,16,20H,1,5,7-8H2. The molecule has 1 aliphatic rings. The highest BCUT2D eigenvalue weighted by Crippen LogP contribution is 2.28. The summed E-state index contributed by atoms with van der Waals surface area (Å²) in [6.45, 7) is 0.755. The van der Waals surface area contributed by atoms with Crippen LogP contribution in [0.25, 0.3) is 0 Å². The summed E-state index contributed by atoms with van der Waals surface area (Å²) in [5.74, 6) is 0.659. The molecule has 3 rings (SSSR count). The Kier molecular flexibility index (Phi) is 4.27. The summed E-state index contributed by atoms with van der Waals surface area (Å²) in [6.07, 6.45) is 1.75. The monoisotopic (exact) mass is 350 g/mol. The van der Waals surface area contributed by atoms with E-state index in [9.17, 15) is 9.50 Å². The first kappa shape index (κ1) is 14.5. The van der Waals surface area contributed by atoms with Gasteiger partial charge in [-0.3, -0.25) is 0 Å². The van der Waals surface area contributed by atoms with Gasteiger partial charge >= 0.3 is 0 Å². The van der Waals surface area contributed by atoms with Crippen LogP contribution in [0.2, 0.25) is 0 Å². The Morgan fingerprint density at radius 1 is 1.24 bits per heavy atom. The molecule has 1 N–H and O–H groups in total. The van der Waals surface area contributed by atoms with Crippen molar-refractivity contribution in [2.75, 3.05) is 6.61 Å². The smallest absolute Gasteiger partial charge is 0.137 e. The highest BCUT2D eigenvalue weighted by molar-refractivity contribution is 9.10. The lowest BCUT2D eigenvalue weighted by atomic mass is 9.99. The number of fused-ring (bicyclic) bond motifs is 1. The van der Waals surface area contributed by atoms with E-state index in [1.54, 1.807) is 12.1 Å². The Hall–Kier alpha value is -1.39. The van der Waals surface area contributed by atoms with Gasteiger partial charge in [0.05, 0.1) is 17.2 Å². The van der Waals surface area contributed by atoms with Gasteiger partial charge in [0.25, 0.3) is 0 Å². The van der Waals surface area contributed by atoms with Crippen molar-refractivity contribution in [3.05, 3.63) is 63.4 Å². The number of benzene rings is 2. The topological polar surface area (TPSA) is 29.5 Å². The van der Waals surface area contributed by atoms with Gasteiger partial charge in [0.1, 0.15) is 11.6 Å². The van der Waals surface area contributed by atoms with Crippen molar-refractivity contribution < 1.29 is 14.2 Å². The second-order valence-electron chi connectivity index (χ2n) is 5.27. The van der Waals surface area contributed by atoms with Crippen LogP contribution in [0.15, 0.2) is 40.9 Å². The molecule has 2 aromatic carbocycles. The summed E-state index contributed by atoms with van der Waals surface area (Å²) in [5, 5.41) is 10.2. The van der Waals surface area contributed by atoms with Gasteiger partial charge in [-0.2, -0.15) is 0 Å². The van der Waals surface area contributed by atoms with Crippen molar-refractivity contribution in [3.8, 4) is 5.75 Å². The molecule has 2 aromatic rings. The average molecular weight is 351 g/mol. The Bertz CT molecular complexity index is 657. The van der Waals surface area contributed by atoms with E-state index in [1.807, 2.05) is 12.1 Å². The van der Waals surface area contributed by atoms with Crippen molar-refractivity contribution in [2.45, 2.75) is 25.4 Å². The molecular weight excluding hydrogens is 335 g/mol. The van der Waals surface area contributed by atoms with Gasteiger partial charge in [-0.15, -0.1) is 0 Å². The quantitative estimate of drug-likeness (QED) is 0.895. The number of ether oxygens (including phenoxy) is 1. The van der Waals surface area contributed by atoms with Crippen molar-refractivity contribution in [3.63, 3.8) is 0 Å². The van der Waals surface area contributed by atoms with Gasteiger partial charge in [-0.1, -0.05) is 18.2 Å². The fourth-order valence-electron chi connectivity index (χ4n) is 2.59. The molecule has 0 spiro atoms. The molecule has 1 atom stereocenters. The van der Waals surface area contributed by atoms with E-state index in [-0.39, 0.29) is 5.82 Å². The number of aliphatic hydroxyl groups is 1. The van der Waals surface area contributed by atoms with E-state index in [2.05, 4.69) is 22.0 Å². The molecule has 1 aliphatic heterocycles. The minimum atomic E-state index is -0.591. The van der Waals surface area contributed by atoms with Gasteiger partial charge in [0.2, 0.25) is 0 Å². The van der Waals surface area contributed by atoms with Crippen LogP contribution in [0.4, 0.5) is 4.39 Å². The molecule has 0 bridgehead atoms. The van der Waals surface area contributed by atoms with E-state index in [4.69, 9.17) is 4.74 Å². The first-order valence-corrected chi connectivity index (χ1v) is 7.80. The number of halogens is 2. The maximum absolute atomic E-state index is 13.2. The highest BCUT2D eigenvalue weighted by atomic mass is 79.9. The third-order valence-electron chi connectivity index (χ3n) is 3.79. The van der Waals surface area contributed by atoms with Crippen LogP contribution in [0, 0.1) is 5.82 Å². The van der Waals surface area contributed by atoms with Gasteiger partial charge in [-0.05, 0) is 63.7 Å². The Balaban J connectivity index is 1.65. The molecule has 21 heavy (non-hydrogen) atoms. The van der Waals surface area contributed by atoms with Crippen LogP contribution in [0.1, 0.15) is 29.2 Å². The Morgan fingerprint density at radius 2 is 2.10 bits per heavy atom. The zero-order valence-corrected chi connectivity index (χ0v) is 13.1. The Labute approximate surface area is 131 Å². The van der Waals surface area contributed by atoms with Crippen molar-refractivity contribution in [1.82, 2.24) is 0 Å². The molecule has 0 aliphatic carbocycles. The number of hydrogen-bond acceptors (Lipinski definition) is 2. The molecule has 0 radical (unpaired) electrons. The summed E-state index contributed by atoms with van der Waals surface area (Å²) in [7, 11) is 0. The molecule has 0 saturated heterocycles. The highest BCUT2D eigenvalue weighted by Gasteiger charge is 2.14. The first-order valence-electron chi connectivity index (χ1n) is 7.01. The molecule has 1 heterocycles. The predicted octanol–water partition coefficient (Wildman–Crippen LogP) is 4.19. The first-order chi connectivity index (χ1) is 10.1. The lowest BCUT2D eigenvalue weighted by Crippen LogP contribution is -2.00. The summed E-state index contributed by atoms with van der Waals surface area (Å²) >= 11 is 3.14. The second kappa shape index (κ2) is 6.16. The predicted molar refractivity (Wildman–Crippen MR) is 83.0 cm³/mol. The minimum absolute atomic E-state index is 0.315. The average Bonchev–Trinajstić information content (AvgIpc) is 2.95. The molecular formula is C17H16BrFO2. The minimum Gasteiger partial charge on any atom is -0.493 e. The molecule has 1 unspecified atom stereocenters. The number of hydrogen-bond donors (Lipinski definition) is 1. The van der Waals surface area contributed by atoms with Gasteiger partial charge in [0.15, 0.2) is 0 Å². The third kappa shape index (κ3) is 3.27. The molecule has 0 saturated carbocycles. The largest absolute Gasteiger partial charge is 0.493 e. The second-order valence-corrected chi connectivity index (χ2v) is 6.12. The zero-order chi connectivity index (χ0) is 14.8. The Morgan fingerprint density at radius 3 is 2.90 bits per heavy atom. The summed E-state index contributed by atoms with van der Waals surface area (Å²) in [6, 6.07) is 10.8. The summed E-state index contributed by atoms with van der Waals surface area (Å²) in [4.78, 5) is 0. The van der Waals surface area contributed by atoms with E-state index in [1.165, 1.54) is 17.2 Å². The molecule has 0 amide bonds. The molecule has 2 nitrogen and oxygen atoms in total. The van der Waals surface area contributed by atoms with Gasteiger partial charge < -0.3 is 9.84 Å². The molecule has 110 valence electrons. The van der Waals surface area contributed by atoms with Crippen LogP contribution in [-0.4, -0.2) is 11.7 Å². The maximum Gasteiger partial charge on any atom is 0.137 e. The van der Waals surface area contributed by atoms with E-state index in [0.717, 1.165) is 30.8 Å². The maximum atomic E-state index is 13.2. The van der Waals surface area contributed by atoms with Crippen molar-refractivity contribution in [2.24, 2.45) is 0 Å². The van der Waals surface area contributed by atoms with E-state index < -0.39 is 6.10 Å². The molecule has 4 heteroatoms. The van der Waals surface area contributed by atoms with Crippen LogP contribution < -0.4 is 4.74 Å². The lowest BCUT2D eigenvalue weighted by molar-refractivity contribution is 0.167. The molecule has 0 aromatic heterocycles. The third-order valence-corrected chi connectivity index (χ3v) is 4.40. The number of rotatable bonds is 4. The van der Waals surface area contributed by atoms with Crippen LogP contribution >= 0.6 is 15.9 Å². The number of aryl methyl sites for hydroxylation is 1. The number of aliphatic hydroxyl groups excluding tert-OH is 1. The van der Waals surface area contributed by atoms with Crippen molar-refractivity contribution >= 4 is 15.9 Å². The van der Waals surface area contributed by atoms with Crippen LogP contribution in [0.5, 0.6) is 5.75 Å². The zero-order valence-electron chi connectivity index (χ0n) is 11.5. The van der Waals surface area contributed by atoms with E-state index >= 15 is 0 Å². The van der Waals surface area contributed by atoms with Crippen molar-refractivity contribution in [1.29, 1.82) is 0 Å². The fraction of sp³-hybridized carbons (Fsp3) is 0.294. The van der Waals surface area contributed by atoms with Crippen LogP contribution in [-0.2, 0) is 12.8 Å². The normalized spacial score (nSPS) is 14.6. The molecule has 0 fully saturated rings. The van der Waals surface area contributed by atoms with E-state index in [0.29, 0.717) is 10.9 Å². The fourth-order valence-corrected chi connectivity index (χ4v) is 2.98.